The number of aromatic hydroxyl groups is 1. The Balaban J connectivity index is 1.69. The number of carbonyl (C=O) groups excluding carboxylic acids is 2. The molecule has 0 aliphatic carbocycles. The Morgan fingerprint density at radius 3 is 2.26 bits per heavy atom. The highest BCUT2D eigenvalue weighted by atomic mass is 35.5. The molecule has 0 aliphatic rings. The van der Waals surface area contributed by atoms with E-state index in [1.807, 2.05) is 0 Å². The van der Waals surface area contributed by atoms with Crippen LogP contribution in [0.2, 0.25) is 0 Å². The average molecular weight is 553 g/mol. The van der Waals surface area contributed by atoms with E-state index in [0.29, 0.717) is 36.0 Å². The molecule has 2 amide bonds. The van der Waals surface area contributed by atoms with Gasteiger partial charge < -0.3 is 20.5 Å². The van der Waals surface area contributed by atoms with E-state index >= 15 is 0 Å². The number of nitrogens with one attached hydrogen (secondary N) is 2. The lowest BCUT2D eigenvalue weighted by Gasteiger charge is -2.30. The number of amides is 2. The molecule has 6 nitrogen and oxygen atoms in total. The molecule has 0 aromatic heterocycles. The second-order valence-electron chi connectivity index (χ2n) is 11.2. The Hall–Kier alpha value is -3.25. The molecule has 210 valence electrons. The Morgan fingerprint density at radius 2 is 1.62 bits per heavy atom. The Morgan fingerprint density at radius 1 is 0.949 bits per heavy atom. The predicted octanol–water partition coefficient (Wildman–Crippen LogP) is 7.30. The highest BCUT2D eigenvalue weighted by molar-refractivity contribution is 6.29. The molecule has 0 unspecified atom stereocenters. The first-order valence-electron chi connectivity index (χ1n) is 13.6. The summed E-state index contributed by atoms with van der Waals surface area (Å²) in [6.45, 7) is 14.2. The van der Waals surface area contributed by atoms with Gasteiger partial charge in [-0.25, -0.2) is 0 Å². The zero-order valence-electron chi connectivity index (χ0n) is 23.9. The van der Waals surface area contributed by atoms with Crippen LogP contribution in [0.5, 0.6) is 11.5 Å². The summed E-state index contributed by atoms with van der Waals surface area (Å²) in [6.07, 6.45) is 2.62. The minimum Gasteiger partial charge on any atom is -0.506 e. The van der Waals surface area contributed by atoms with Crippen LogP contribution in [-0.4, -0.2) is 36.0 Å². The third-order valence-corrected chi connectivity index (χ3v) is 8.02. The van der Waals surface area contributed by atoms with Crippen LogP contribution in [0.15, 0.2) is 48.5 Å². The van der Waals surface area contributed by atoms with Gasteiger partial charge in [0.2, 0.25) is 5.91 Å². The number of anilines is 1. The maximum Gasteiger partial charge on any atom is 0.255 e. The van der Waals surface area contributed by atoms with Crippen molar-refractivity contribution < 1.29 is 19.4 Å². The minimum atomic E-state index is -0.432. The van der Waals surface area contributed by atoms with Crippen molar-refractivity contribution in [3.8, 4) is 11.5 Å². The standard InChI is InChI=1S/C32H41ClN2O4/c1-7-31(3,4)21-14-15-27(25(18-21)32(5,6)8-2)39-17-11-16-34-30(38)24-19-26(35-28(36)20-33)22-12-9-10-13-23(22)29(24)37/h9-10,12-15,18-19,37H,7-8,11,16-17,20H2,1-6H3,(H,34,38)(H,35,36). The van der Waals surface area contributed by atoms with Gasteiger partial charge in [-0.15, -0.1) is 11.6 Å². The van der Waals surface area contributed by atoms with Crippen molar-refractivity contribution in [1.82, 2.24) is 5.32 Å². The molecule has 0 bridgehead atoms. The Labute approximate surface area is 237 Å². The molecule has 0 saturated carbocycles. The summed E-state index contributed by atoms with van der Waals surface area (Å²) >= 11 is 5.65. The number of ether oxygens (including phenoxy) is 1. The van der Waals surface area contributed by atoms with E-state index in [0.717, 1.165) is 18.6 Å². The van der Waals surface area contributed by atoms with E-state index < -0.39 is 11.8 Å². The molecule has 3 rings (SSSR count). The predicted molar refractivity (Wildman–Crippen MR) is 160 cm³/mol. The van der Waals surface area contributed by atoms with Crippen LogP contribution in [0.3, 0.4) is 0 Å². The number of benzene rings is 3. The molecule has 0 saturated heterocycles. The van der Waals surface area contributed by atoms with Crippen LogP contribution in [0, 0.1) is 0 Å². The van der Waals surface area contributed by atoms with Gasteiger partial charge in [0.25, 0.3) is 5.91 Å². The summed E-state index contributed by atoms with van der Waals surface area (Å²) in [7, 11) is 0. The summed E-state index contributed by atoms with van der Waals surface area (Å²) in [5.74, 6) is -0.306. The summed E-state index contributed by atoms with van der Waals surface area (Å²) in [4.78, 5) is 24.9. The van der Waals surface area contributed by atoms with E-state index in [1.54, 1.807) is 24.3 Å². The number of fused-ring (bicyclic) bond motifs is 1. The monoisotopic (exact) mass is 552 g/mol. The van der Waals surface area contributed by atoms with Crippen LogP contribution < -0.4 is 15.4 Å². The first-order chi connectivity index (χ1) is 18.4. The SMILES string of the molecule is CCC(C)(C)c1ccc(OCCCNC(=O)c2cc(NC(=O)CCl)c3ccccc3c2O)c(C(C)(C)CC)c1. The number of hydrogen-bond acceptors (Lipinski definition) is 4. The molecule has 3 aromatic carbocycles. The fraction of sp³-hybridized carbons (Fsp3) is 0.438. The number of halogens is 1. The zero-order chi connectivity index (χ0) is 28.8. The van der Waals surface area contributed by atoms with E-state index in [-0.39, 0.29) is 28.0 Å². The molecule has 0 heterocycles. The van der Waals surface area contributed by atoms with Gasteiger partial charge in [0.05, 0.1) is 12.2 Å². The van der Waals surface area contributed by atoms with Crippen molar-refractivity contribution in [2.75, 3.05) is 24.3 Å². The molecule has 3 aromatic rings. The molecular formula is C32H41ClN2O4. The van der Waals surface area contributed by atoms with Gasteiger partial charge >= 0.3 is 0 Å². The minimum absolute atomic E-state index is 0.0341. The highest BCUT2D eigenvalue weighted by Crippen LogP contribution is 2.38. The molecular weight excluding hydrogens is 512 g/mol. The van der Waals surface area contributed by atoms with Crippen LogP contribution in [-0.2, 0) is 15.6 Å². The number of carbonyl (C=O) groups is 2. The van der Waals surface area contributed by atoms with Gasteiger partial charge in [-0.3, -0.25) is 9.59 Å². The van der Waals surface area contributed by atoms with Crippen LogP contribution in [0.4, 0.5) is 5.69 Å². The van der Waals surface area contributed by atoms with Crippen molar-refractivity contribution in [2.45, 2.75) is 71.6 Å². The maximum absolute atomic E-state index is 13.0. The third kappa shape index (κ3) is 7.04. The van der Waals surface area contributed by atoms with Gasteiger partial charge in [0.15, 0.2) is 0 Å². The van der Waals surface area contributed by atoms with E-state index in [2.05, 4.69) is 70.4 Å². The van der Waals surface area contributed by atoms with Gasteiger partial charge in [0.1, 0.15) is 17.4 Å². The third-order valence-electron chi connectivity index (χ3n) is 7.78. The van der Waals surface area contributed by atoms with Crippen molar-refractivity contribution >= 4 is 39.9 Å². The van der Waals surface area contributed by atoms with Gasteiger partial charge in [-0.1, -0.05) is 77.9 Å². The summed E-state index contributed by atoms with van der Waals surface area (Å²) < 4.78 is 6.21. The number of rotatable bonds is 12. The molecule has 39 heavy (non-hydrogen) atoms. The molecule has 0 aliphatic heterocycles. The van der Waals surface area contributed by atoms with Gasteiger partial charge in [-0.05, 0) is 47.8 Å². The molecule has 0 radical (unpaired) electrons. The van der Waals surface area contributed by atoms with E-state index in [9.17, 15) is 14.7 Å². The van der Waals surface area contributed by atoms with E-state index in [4.69, 9.17) is 16.3 Å². The topological polar surface area (TPSA) is 87.7 Å². The molecule has 3 N–H and O–H groups in total. The van der Waals surface area contributed by atoms with Crippen molar-refractivity contribution in [1.29, 1.82) is 0 Å². The lowest BCUT2D eigenvalue weighted by Crippen LogP contribution is -2.26. The Bertz CT molecular complexity index is 1330. The van der Waals surface area contributed by atoms with Crippen LogP contribution in [0.1, 0.15) is 82.3 Å². The van der Waals surface area contributed by atoms with Crippen molar-refractivity contribution in [3.63, 3.8) is 0 Å². The molecule has 0 atom stereocenters. The number of hydrogen-bond donors (Lipinski definition) is 3. The summed E-state index contributed by atoms with van der Waals surface area (Å²) in [5.41, 5.74) is 3.05. The normalized spacial score (nSPS) is 11.9. The van der Waals surface area contributed by atoms with Crippen molar-refractivity contribution in [3.05, 3.63) is 65.2 Å². The second kappa shape index (κ2) is 12.7. The fourth-order valence-electron chi connectivity index (χ4n) is 4.37. The van der Waals surface area contributed by atoms with Crippen LogP contribution >= 0.6 is 11.6 Å². The molecule has 0 spiro atoms. The maximum atomic E-state index is 13.0. The second-order valence-corrected chi connectivity index (χ2v) is 11.5. The van der Waals surface area contributed by atoms with E-state index in [1.165, 1.54) is 17.2 Å². The summed E-state index contributed by atoms with van der Waals surface area (Å²) in [6, 6.07) is 15.0. The molecule has 7 heteroatoms. The summed E-state index contributed by atoms with van der Waals surface area (Å²) in [5, 5.41) is 17.5. The highest BCUT2D eigenvalue weighted by Gasteiger charge is 2.26. The number of alkyl halides is 1. The lowest BCUT2D eigenvalue weighted by molar-refractivity contribution is -0.113. The number of phenolic OH excluding ortho intramolecular Hbond substituents is 1. The van der Waals surface area contributed by atoms with Gasteiger partial charge in [-0.2, -0.15) is 0 Å². The first-order valence-corrected chi connectivity index (χ1v) is 14.1. The quantitative estimate of drug-likeness (QED) is 0.125. The van der Waals surface area contributed by atoms with Crippen molar-refractivity contribution in [2.24, 2.45) is 0 Å². The van der Waals surface area contributed by atoms with Gasteiger partial charge in [0, 0.05) is 28.6 Å². The fourth-order valence-corrected chi connectivity index (χ4v) is 4.44. The zero-order valence-corrected chi connectivity index (χ0v) is 24.7. The largest absolute Gasteiger partial charge is 0.506 e. The Kier molecular flexibility index (Phi) is 9.89. The first kappa shape index (κ1) is 30.3. The number of phenols is 1. The smallest absolute Gasteiger partial charge is 0.255 e. The lowest BCUT2D eigenvalue weighted by atomic mass is 9.76. The van der Waals surface area contributed by atoms with Crippen LogP contribution in [0.25, 0.3) is 10.8 Å². The molecule has 0 fully saturated rings. The average Bonchev–Trinajstić information content (AvgIpc) is 2.94.